The summed E-state index contributed by atoms with van der Waals surface area (Å²) in [4.78, 5) is 19.2. The number of benzene rings is 2. The van der Waals surface area contributed by atoms with E-state index in [4.69, 9.17) is 4.74 Å². The number of aromatic nitrogens is 1. The number of amides is 1. The quantitative estimate of drug-likeness (QED) is 0.519. The van der Waals surface area contributed by atoms with Gasteiger partial charge in [-0.25, -0.2) is 4.98 Å². The van der Waals surface area contributed by atoms with Gasteiger partial charge in [-0.05, 0) is 66.6 Å². The van der Waals surface area contributed by atoms with Gasteiger partial charge in [0.1, 0.15) is 11.6 Å². The molecule has 5 nitrogen and oxygen atoms in total. The van der Waals surface area contributed by atoms with E-state index in [1.54, 1.807) is 6.20 Å². The minimum absolute atomic E-state index is 0.146. The van der Waals surface area contributed by atoms with Gasteiger partial charge in [-0.1, -0.05) is 44.2 Å². The lowest BCUT2D eigenvalue weighted by Crippen LogP contribution is -2.36. The van der Waals surface area contributed by atoms with Crippen molar-refractivity contribution in [2.24, 2.45) is 5.92 Å². The maximum atomic E-state index is 12.4. The molecule has 1 aromatic heterocycles. The van der Waals surface area contributed by atoms with E-state index in [1.807, 2.05) is 48.5 Å². The zero-order chi connectivity index (χ0) is 22.3. The van der Waals surface area contributed by atoms with Crippen molar-refractivity contribution in [3.05, 3.63) is 84.1 Å². The molecule has 32 heavy (non-hydrogen) atoms. The molecule has 4 rings (SSSR count). The number of rotatable bonds is 7. The Balaban J connectivity index is 1.26. The highest BCUT2D eigenvalue weighted by Crippen LogP contribution is 2.25. The fourth-order valence-corrected chi connectivity index (χ4v) is 3.94. The molecule has 166 valence electrons. The molecular weight excluding hydrogens is 398 g/mol. The van der Waals surface area contributed by atoms with Gasteiger partial charge in [0, 0.05) is 25.0 Å². The van der Waals surface area contributed by atoms with Crippen LogP contribution in [0, 0.1) is 5.92 Å². The monoisotopic (exact) mass is 429 g/mol. The summed E-state index contributed by atoms with van der Waals surface area (Å²) < 4.78 is 6.09. The van der Waals surface area contributed by atoms with Crippen molar-refractivity contribution in [2.45, 2.75) is 32.6 Å². The number of carbonyl (C=O) groups excluding carboxylic acids is 1. The Morgan fingerprint density at radius 3 is 2.53 bits per heavy atom. The first kappa shape index (κ1) is 21.9. The molecule has 1 aliphatic heterocycles. The standard InChI is InChI=1S/C27H31N3O2/c1-20(2)22-7-6-10-25(17-22)32-19-21-13-15-30(16-14-21)26-12-11-23(18-28-26)27(31)29-24-8-4-3-5-9-24/h3-12,17-18,20-21H,13-16,19H2,1-2H3,(H,29,31). The number of piperidine rings is 1. The topological polar surface area (TPSA) is 54.5 Å². The molecule has 2 aromatic carbocycles. The molecule has 1 saturated heterocycles. The highest BCUT2D eigenvalue weighted by atomic mass is 16.5. The molecule has 5 heteroatoms. The minimum Gasteiger partial charge on any atom is -0.493 e. The molecule has 0 aliphatic carbocycles. The van der Waals surface area contributed by atoms with Crippen LogP contribution in [0.1, 0.15) is 48.5 Å². The molecule has 0 spiro atoms. The molecule has 1 N–H and O–H groups in total. The fraction of sp³-hybridized carbons (Fsp3) is 0.333. The molecule has 0 radical (unpaired) electrons. The van der Waals surface area contributed by atoms with Crippen LogP contribution in [0.2, 0.25) is 0 Å². The average Bonchev–Trinajstić information content (AvgIpc) is 2.84. The van der Waals surface area contributed by atoms with Crippen molar-refractivity contribution in [2.75, 3.05) is 29.9 Å². The number of pyridine rings is 1. The Hall–Kier alpha value is -3.34. The maximum absolute atomic E-state index is 12.4. The molecule has 0 atom stereocenters. The smallest absolute Gasteiger partial charge is 0.257 e. The second-order valence-corrected chi connectivity index (χ2v) is 8.69. The third-order valence-corrected chi connectivity index (χ3v) is 5.99. The van der Waals surface area contributed by atoms with E-state index in [1.165, 1.54) is 5.56 Å². The van der Waals surface area contributed by atoms with Gasteiger partial charge in [-0.15, -0.1) is 0 Å². The molecule has 1 fully saturated rings. The summed E-state index contributed by atoms with van der Waals surface area (Å²) in [5.74, 6) is 2.79. The van der Waals surface area contributed by atoms with Crippen molar-refractivity contribution in [3.8, 4) is 5.75 Å². The van der Waals surface area contributed by atoms with Crippen LogP contribution in [-0.2, 0) is 0 Å². The molecule has 0 saturated carbocycles. The van der Waals surface area contributed by atoms with Crippen molar-refractivity contribution in [3.63, 3.8) is 0 Å². The van der Waals surface area contributed by atoms with E-state index in [-0.39, 0.29) is 5.91 Å². The predicted molar refractivity (Wildman–Crippen MR) is 130 cm³/mol. The maximum Gasteiger partial charge on any atom is 0.257 e. The van der Waals surface area contributed by atoms with Gasteiger partial charge >= 0.3 is 0 Å². The minimum atomic E-state index is -0.146. The number of nitrogens with one attached hydrogen (secondary N) is 1. The second kappa shape index (κ2) is 10.3. The summed E-state index contributed by atoms with van der Waals surface area (Å²) in [5.41, 5.74) is 2.65. The van der Waals surface area contributed by atoms with E-state index >= 15 is 0 Å². The van der Waals surface area contributed by atoms with Crippen molar-refractivity contribution in [1.29, 1.82) is 0 Å². The lowest BCUT2D eigenvalue weighted by Gasteiger charge is -2.32. The number of hydrogen-bond donors (Lipinski definition) is 1. The first-order chi connectivity index (χ1) is 15.6. The highest BCUT2D eigenvalue weighted by molar-refractivity contribution is 6.04. The zero-order valence-corrected chi connectivity index (χ0v) is 18.8. The van der Waals surface area contributed by atoms with E-state index in [0.29, 0.717) is 17.4 Å². The Morgan fingerprint density at radius 1 is 1.06 bits per heavy atom. The largest absolute Gasteiger partial charge is 0.493 e. The van der Waals surface area contributed by atoms with Crippen molar-refractivity contribution in [1.82, 2.24) is 4.98 Å². The lowest BCUT2D eigenvalue weighted by atomic mass is 9.97. The van der Waals surface area contributed by atoms with Gasteiger partial charge in [-0.2, -0.15) is 0 Å². The summed E-state index contributed by atoms with van der Waals surface area (Å²) in [7, 11) is 0. The molecule has 1 amide bonds. The molecule has 0 bridgehead atoms. The lowest BCUT2D eigenvalue weighted by molar-refractivity contribution is 0.102. The summed E-state index contributed by atoms with van der Waals surface area (Å²) >= 11 is 0. The number of ether oxygens (including phenoxy) is 1. The molecular formula is C27H31N3O2. The number of carbonyl (C=O) groups is 1. The second-order valence-electron chi connectivity index (χ2n) is 8.69. The molecule has 3 aromatic rings. The average molecular weight is 430 g/mol. The summed E-state index contributed by atoms with van der Waals surface area (Å²) in [6.07, 6.45) is 3.80. The molecule has 1 aliphatic rings. The van der Waals surface area contributed by atoms with Gasteiger partial charge in [-0.3, -0.25) is 4.79 Å². The zero-order valence-electron chi connectivity index (χ0n) is 18.8. The van der Waals surface area contributed by atoms with Gasteiger partial charge in [0.05, 0.1) is 12.2 Å². The number of anilines is 2. The van der Waals surface area contributed by atoms with Gasteiger partial charge in [0.15, 0.2) is 0 Å². The Bertz CT molecular complexity index is 1010. The van der Waals surface area contributed by atoms with Crippen LogP contribution in [0.3, 0.4) is 0 Å². The predicted octanol–water partition coefficient (Wildman–Crippen LogP) is 5.75. The molecule has 2 heterocycles. The van der Waals surface area contributed by atoms with Crippen molar-refractivity contribution < 1.29 is 9.53 Å². The SMILES string of the molecule is CC(C)c1cccc(OCC2CCN(c3ccc(C(=O)Nc4ccccc4)cn3)CC2)c1. The van der Waals surface area contributed by atoms with Gasteiger partial charge < -0.3 is 15.0 Å². The van der Waals surface area contributed by atoms with Crippen LogP contribution in [0.15, 0.2) is 72.9 Å². The Kier molecular flexibility index (Phi) is 7.05. The van der Waals surface area contributed by atoms with Crippen LogP contribution in [-0.4, -0.2) is 30.6 Å². The number of nitrogens with zero attached hydrogens (tertiary/aromatic N) is 2. The van der Waals surface area contributed by atoms with Crippen LogP contribution in [0.4, 0.5) is 11.5 Å². The number of para-hydroxylation sites is 1. The highest BCUT2D eigenvalue weighted by Gasteiger charge is 2.21. The Morgan fingerprint density at radius 2 is 1.84 bits per heavy atom. The van der Waals surface area contributed by atoms with Gasteiger partial charge in [0.25, 0.3) is 5.91 Å². The Labute approximate surface area is 190 Å². The third-order valence-electron chi connectivity index (χ3n) is 5.99. The number of hydrogen-bond acceptors (Lipinski definition) is 4. The van der Waals surface area contributed by atoms with E-state index in [2.05, 4.69) is 47.2 Å². The summed E-state index contributed by atoms with van der Waals surface area (Å²) in [6, 6.07) is 21.7. The van der Waals surface area contributed by atoms with E-state index in [9.17, 15) is 4.79 Å². The van der Waals surface area contributed by atoms with E-state index < -0.39 is 0 Å². The summed E-state index contributed by atoms with van der Waals surface area (Å²) in [5, 5.41) is 2.89. The van der Waals surface area contributed by atoms with Crippen LogP contribution >= 0.6 is 0 Å². The van der Waals surface area contributed by atoms with Crippen LogP contribution in [0.5, 0.6) is 5.75 Å². The fourth-order valence-electron chi connectivity index (χ4n) is 3.94. The normalized spacial score (nSPS) is 14.4. The summed E-state index contributed by atoms with van der Waals surface area (Å²) in [6.45, 7) is 7.04. The van der Waals surface area contributed by atoms with Crippen LogP contribution in [0.25, 0.3) is 0 Å². The molecule has 0 unspecified atom stereocenters. The first-order valence-electron chi connectivity index (χ1n) is 11.4. The first-order valence-corrected chi connectivity index (χ1v) is 11.4. The third kappa shape index (κ3) is 5.67. The van der Waals surface area contributed by atoms with Gasteiger partial charge in [0.2, 0.25) is 0 Å². The van der Waals surface area contributed by atoms with Crippen LogP contribution < -0.4 is 15.0 Å². The van der Waals surface area contributed by atoms with Crippen molar-refractivity contribution >= 4 is 17.4 Å². The van der Waals surface area contributed by atoms with E-state index in [0.717, 1.165) is 49.8 Å².